The Hall–Kier alpha value is -0.650. The Labute approximate surface area is 93.5 Å². The number of pyridine rings is 1. The van der Waals surface area contributed by atoms with Crippen LogP contribution in [0, 0.1) is 0 Å². The minimum Gasteiger partial charge on any atom is -0.298 e. The molecule has 0 spiro atoms. The standard InChI is InChI=1S/C8H5ClN2OS2/c1-13-8-11-6-5(9)4(3-12)2-10-7(6)14-8/h2-3H,1H3. The summed E-state index contributed by atoms with van der Waals surface area (Å²) in [5, 5.41) is 0.390. The third kappa shape index (κ3) is 1.51. The van der Waals surface area contributed by atoms with Gasteiger partial charge in [0.05, 0.1) is 10.6 Å². The van der Waals surface area contributed by atoms with Crippen LogP contribution in [0.2, 0.25) is 5.02 Å². The Morgan fingerprint density at radius 1 is 1.64 bits per heavy atom. The second-order valence-electron chi connectivity index (χ2n) is 2.48. The second kappa shape index (κ2) is 3.84. The number of thioether (sulfide) groups is 1. The number of hydrogen-bond donors (Lipinski definition) is 0. The van der Waals surface area contributed by atoms with E-state index < -0.39 is 0 Å². The molecule has 3 nitrogen and oxygen atoms in total. The van der Waals surface area contributed by atoms with Gasteiger partial charge in [-0.1, -0.05) is 34.7 Å². The molecule has 2 aromatic heterocycles. The van der Waals surface area contributed by atoms with Crippen molar-refractivity contribution in [1.29, 1.82) is 0 Å². The monoisotopic (exact) mass is 244 g/mol. The lowest BCUT2D eigenvalue weighted by Crippen LogP contribution is -1.85. The van der Waals surface area contributed by atoms with E-state index in [1.165, 1.54) is 29.3 Å². The highest BCUT2D eigenvalue weighted by molar-refractivity contribution is 8.00. The minimum absolute atomic E-state index is 0.386. The van der Waals surface area contributed by atoms with Gasteiger partial charge < -0.3 is 0 Å². The average molecular weight is 245 g/mol. The van der Waals surface area contributed by atoms with E-state index in [-0.39, 0.29) is 0 Å². The molecule has 0 fully saturated rings. The number of aldehydes is 1. The van der Waals surface area contributed by atoms with Crippen molar-refractivity contribution in [3.8, 4) is 0 Å². The molecule has 0 unspecified atom stereocenters. The van der Waals surface area contributed by atoms with Crippen molar-refractivity contribution in [2.75, 3.05) is 6.26 Å². The van der Waals surface area contributed by atoms with Gasteiger partial charge in [-0.05, 0) is 6.26 Å². The summed E-state index contributed by atoms with van der Waals surface area (Å²) in [7, 11) is 0. The smallest absolute Gasteiger partial charge is 0.153 e. The molecule has 0 amide bonds. The van der Waals surface area contributed by atoms with Crippen molar-refractivity contribution in [1.82, 2.24) is 9.97 Å². The number of carbonyl (C=O) groups is 1. The normalized spacial score (nSPS) is 10.7. The summed E-state index contributed by atoms with van der Waals surface area (Å²) in [4.78, 5) is 19.7. The molecule has 0 bridgehead atoms. The van der Waals surface area contributed by atoms with Crippen LogP contribution in [0.25, 0.3) is 10.3 Å². The van der Waals surface area contributed by atoms with Crippen molar-refractivity contribution in [3.63, 3.8) is 0 Å². The maximum Gasteiger partial charge on any atom is 0.153 e. The molecule has 0 aliphatic heterocycles. The zero-order chi connectivity index (χ0) is 10.1. The van der Waals surface area contributed by atoms with E-state index in [9.17, 15) is 4.79 Å². The first-order valence-corrected chi connectivity index (χ1v) is 6.12. The highest BCUT2D eigenvalue weighted by Gasteiger charge is 2.11. The van der Waals surface area contributed by atoms with Gasteiger partial charge >= 0.3 is 0 Å². The van der Waals surface area contributed by atoms with Gasteiger partial charge in [0.1, 0.15) is 10.3 Å². The van der Waals surface area contributed by atoms with E-state index in [1.54, 1.807) is 0 Å². The Morgan fingerprint density at radius 3 is 3.07 bits per heavy atom. The SMILES string of the molecule is CSc1nc2c(Cl)c(C=O)cnc2s1. The molecule has 72 valence electrons. The van der Waals surface area contributed by atoms with Crippen LogP contribution < -0.4 is 0 Å². The van der Waals surface area contributed by atoms with Gasteiger partial charge in [0, 0.05) is 6.20 Å². The highest BCUT2D eigenvalue weighted by Crippen LogP contribution is 2.31. The molecule has 6 heteroatoms. The molecule has 2 heterocycles. The predicted octanol–water partition coefficient (Wildman–Crippen LogP) is 2.88. The number of halogens is 1. The minimum atomic E-state index is 0.386. The van der Waals surface area contributed by atoms with Crippen molar-refractivity contribution < 1.29 is 4.79 Å². The van der Waals surface area contributed by atoms with E-state index in [4.69, 9.17) is 11.6 Å². The molecular weight excluding hydrogens is 240 g/mol. The zero-order valence-corrected chi connectivity index (χ0v) is 9.54. The molecule has 0 aromatic carbocycles. The topological polar surface area (TPSA) is 42.9 Å². The Kier molecular flexibility index (Phi) is 2.71. The first-order chi connectivity index (χ1) is 6.76. The van der Waals surface area contributed by atoms with Crippen molar-refractivity contribution >= 4 is 51.3 Å². The fourth-order valence-corrected chi connectivity index (χ4v) is 2.70. The summed E-state index contributed by atoms with van der Waals surface area (Å²) in [6.45, 7) is 0. The summed E-state index contributed by atoms with van der Waals surface area (Å²) in [5.41, 5.74) is 1.00. The second-order valence-corrected chi connectivity index (χ2v) is 4.89. The van der Waals surface area contributed by atoms with Crippen LogP contribution in [-0.2, 0) is 0 Å². The Balaban J connectivity index is 2.74. The summed E-state index contributed by atoms with van der Waals surface area (Å²) in [5.74, 6) is 0. The fourth-order valence-electron chi connectivity index (χ4n) is 1.01. The largest absolute Gasteiger partial charge is 0.298 e. The summed E-state index contributed by atoms with van der Waals surface area (Å²) >= 11 is 8.98. The number of rotatable bonds is 2. The molecule has 0 aliphatic carbocycles. The lowest BCUT2D eigenvalue weighted by Gasteiger charge is -1.93. The maximum absolute atomic E-state index is 10.6. The fraction of sp³-hybridized carbons (Fsp3) is 0.125. The molecule has 0 N–H and O–H groups in total. The Morgan fingerprint density at radius 2 is 2.43 bits per heavy atom. The van der Waals surface area contributed by atoms with Crippen molar-refractivity contribution in [2.24, 2.45) is 0 Å². The van der Waals surface area contributed by atoms with Gasteiger partial charge in [0.2, 0.25) is 0 Å². The predicted molar refractivity (Wildman–Crippen MR) is 59.6 cm³/mol. The van der Waals surface area contributed by atoms with E-state index in [0.717, 1.165) is 9.17 Å². The van der Waals surface area contributed by atoms with Gasteiger partial charge in [-0.2, -0.15) is 0 Å². The lowest BCUT2D eigenvalue weighted by atomic mass is 10.3. The van der Waals surface area contributed by atoms with Crippen LogP contribution >= 0.6 is 34.7 Å². The molecule has 0 atom stereocenters. The summed E-state index contributed by atoms with van der Waals surface area (Å²) in [6, 6.07) is 0. The van der Waals surface area contributed by atoms with E-state index in [2.05, 4.69) is 9.97 Å². The number of hydrogen-bond acceptors (Lipinski definition) is 5. The van der Waals surface area contributed by atoms with E-state index >= 15 is 0 Å². The Bertz CT molecular complexity index is 497. The van der Waals surface area contributed by atoms with E-state index in [1.807, 2.05) is 6.26 Å². The van der Waals surface area contributed by atoms with Gasteiger partial charge in [-0.3, -0.25) is 4.79 Å². The molecule has 2 rings (SSSR count). The van der Waals surface area contributed by atoms with Gasteiger partial charge in [-0.25, -0.2) is 9.97 Å². The molecule has 0 radical (unpaired) electrons. The number of fused-ring (bicyclic) bond motifs is 1. The quantitative estimate of drug-likeness (QED) is 0.602. The van der Waals surface area contributed by atoms with Crippen molar-refractivity contribution in [2.45, 2.75) is 4.34 Å². The number of aromatic nitrogens is 2. The molecule has 2 aromatic rings. The van der Waals surface area contributed by atoms with Crippen LogP contribution in [0.15, 0.2) is 10.5 Å². The average Bonchev–Trinajstić information content (AvgIpc) is 2.62. The number of carbonyl (C=O) groups excluding carboxylic acids is 1. The first kappa shape index (κ1) is 9.89. The summed E-state index contributed by atoms with van der Waals surface area (Å²) in [6.07, 6.45) is 4.10. The summed E-state index contributed by atoms with van der Waals surface area (Å²) < 4.78 is 0.900. The molecule has 0 aliphatic rings. The number of nitrogens with zero attached hydrogens (tertiary/aromatic N) is 2. The molecule has 0 saturated heterocycles. The zero-order valence-electron chi connectivity index (χ0n) is 7.15. The molecule has 0 saturated carbocycles. The third-order valence-electron chi connectivity index (χ3n) is 1.67. The first-order valence-electron chi connectivity index (χ1n) is 3.70. The molecular formula is C8H5ClN2OS2. The van der Waals surface area contributed by atoms with Crippen LogP contribution in [0.1, 0.15) is 10.4 Å². The number of thiazole rings is 1. The lowest BCUT2D eigenvalue weighted by molar-refractivity contribution is 0.112. The molecule has 14 heavy (non-hydrogen) atoms. The van der Waals surface area contributed by atoms with Gasteiger partial charge in [-0.15, -0.1) is 0 Å². The highest BCUT2D eigenvalue weighted by atomic mass is 35.5. The van der Waals surface area contributed by atoms with Crippen LogP contribution in [-0.4, -0.2) is 22.5 Å². The van der Waals surface area contributed by atoms with Gasteiger partial charge in [0.25, 0.3) is 0 Å². The third-order valence-corrected chi connectivity index (χ3v) is 4.02. The maximum atomic E-state index is 10.6. The van der Waals surface area contributed by atoms with Gasteiger partial charge in [0.15, 0.2) is 10.6 Å². The van der Waals surface area contributed by atoms with E-state index in [0.29, 0.717) is 22.4 Å². The van der Waals surface area contributed by atoms with Crippen LogP contribution in [0.5, 0.6) is 0 Å². The van der Waals surface area contributed by atoms with Crippen LogP contribution in [0.3, 0.4) is 0 Å². The van der Waals surface area contributed by atoms with Crippen molar-refractivity contribution in [3.05, 3.63) is 16.8 Å². The van der Waals surface area contributed by atoms with Crippen LogP contribution in [0.4, 0.5) is 0 Å².